The van der Waals surface area contributed by atoms with Gasteiger partial charge in [-0.3, -0.25) is 19.8 Å². The summed E-state index contributed by atoms with van der Waals surface area (Å²) in [7, 11) is 0. The molecular formula is C27H23N5O4. The predicted molar refractivity (Wildman–Crippen MR) is 133 cm³/mol. The van der Waals surface area contributed by atoms with Crippen LogP contribution in [-0.4, -0.2) is 32.6 Å². The van der Waals surface area contributed by atoms with Crippen molar-refractivity contribution in [2.24, 2.45) is 0 Å². The van der Waals surface area contributed by atoms with E-state index < -0.39 is 23.4 Å². The van der Waals surface area contributed by atoms with Crippen LogP contribution in [0.25, 0.3) is 10.8 Å². The zero-order chi connectivity index (χ0) is 25.3. The van der Waals surface area contributed by atoms with E-state index in [1.54, 1.807) is 55.5 Å². The average Bonchev–Trinajstić information content (AvgIpc) is 3.16. The monoisotopic (exact) mass is 481 g/mol. The first-order valence-corrected chi connectivity index (χ1v) is 11.5. The van der Waals surface area contributed by atoms with Crippen molar-refractivity contribution in [3.05, 3.63) is 112 Å². The Kier molecular flexibility index (Phi) is 5.81. The minimum Gasteiger partial charge on any atom is -0.318 e. The molecule has 36 heavy (non-hydrogen) atoms. The van der Waals surface area contributed by atoms with Crippen LogP contribution in [0.3, 0.4) is 0 Å². The molecule has 9 heteroatoms. The van der Waals surface area contributed by atoms with E-state index >= 15 is 0 Å². The van der Waals surface area contributed by atoms with Crippen molar-refractivity contribution in [2.45, 2.75) is 25.4 Å². The molecule has 1 fully saturated rings. The van der Waals surface area contributed by atoms with E-state index in [0.29, 0.717) is 21.3 Å². The number of benzene rings is 3. The summed E-state index contributed by atoms with van der Waals surface area (Å²) >= 11 is 0. The topological polar surface area (TPSA) is 113 Å². The molecular weight excluding hydrogens is 458 g/mol. The zero-order valence-corrected chi connectivity index (χ0v) is 19.5. The van der Waals surface area contributed by atoms with Crippen LogP contribution in [0.5, 0.6) is 0 Å². The van der Waals surface area contributed by atoms with Crippen LogP contribution in [0.15, 0.2) is 89.7 Å². The molecule has 180 valence electrons. The van der Waals surface area contributed by atoms with Crippen LogP contribution < -0.4 is 16.3 Å². The molecule has 1 aliphatic heterocycles. The Bertz CT molecular complexity index is 1530. The van der Waals surface area contributed by atoms with Crippen molar-refractivity contribution in [2.75, 3.05) is 0 Å². The number of hydrogen-bond acceptors (Lipinski definition) is 5. The van der Waals surface area contributed by atoms with Crippen LogP contribution in [0.4, 0.5) is 4.79 Å². The molecule has 0 aliphatic carbocycles. The van der Waals surface area contributed by atoms with Crippen molar-refractivity contribution >= 4 is 28.6 Å². The largest absolute Gasteiger partial charge is 0.344 e. The van der Waals surface area contributed by atoms with Gasteiger partial charge in [0.15, 0.2) is 5.69 Å². The maximum absolute atomic E-state index is 13.4. The summed E-state index contributed by atoms with van der Waals surface area (Å²) in [5.41, 5.74) is 2.13. The van der Waals surface area contributed by atoms with E-state index in [2.05, 4.69) is 15.8 Å². The van der Waals surface area contributed by atoms with Gasteiger partial charge in [-0.2, -0.15) is 10.1 Å². The summed E-state index contributed by atoms with van der Waals surface area (Å²) < 4.78 is 1.21. The summed E-state index contributed by atoms with van der Waals surface area (Å²) in [6, 6.07) is 24.0. The van der Waals surface area contributed by atoms with Gasteiger partial charge < -0.3 is 5.32 Å². The van der Waals surface area contributed by atoms with E-state index in [-0.39, 0.29) is 24.2 Å². The van der Waals surface area contributed by atoms with Gasteiger partial charge in [0, 0.05) is 5.39 Å². The second-order valence-corrected chi connectivity index (χ2v) is 8.48. The molecule has 0 saturated carbocycles. The number of nitrogens with zero attached hydrogens (tertiary/aromatic N) is 3. The number of carbonyl (C=O) groups is 3. The first-order valence-electron chi connectivity index (χ1n) is 11.5. The van der Waals surface area contributed by atoms with Gasteiger partial charge >= 0.3 is 6.03 Å². The van der Waals surface area contributed by atoms with E-state index in [1.165, 1.54) is 4.68 Å². The first kappa shape index (κ1) is 23.0. The maximum atomic E-state index is 13.4. The Morgan fingerprint density at radius 3 is 2.17 bits per heavy atom. The predicted octanol–water partition coefficient (Wildman–Crippen LogP) is 2.95. The molecule has 0 bridgehead atoms. The Hall–Kier alpha value is -4.79. The van der Waals surface area contributed by atoms with Crippen molar-refractivity contribution in [3.63, 3.8) is 0 Å². The molecule has 1 aromatic heterocycles. The fraction of sp³-hybridized carbons (Fsp3) is 0.148. The van der Waals surface area contributed by atoms with Crippen LogP contribution in [0.2, 0.25) is 0 Å². The molecule has 3 aromatic carbocycles. The molecule has 5 rings (SSSR count). The molecule has 0 radical (unpaired) electrons. The quantitative estimate of drug-likeness (QED) is 0.411. The van der Waals surface area contributed by atoms with Gasteiger partial charge in [0.25, 0.3) is 17.4 Å². The van der Waals surface area contributed by atoms with Gasteiger partial charge in [0.1, 0.15) is 5.54 Å². The smallest absolute Gasteiger partial charge is 0.318 e. The van der Waals surface area contributed by atoms with Gasteiger partial charge in [0.2, 0.25) is 0 Å². The summed E-state index contributed by atoms with van der Waals surface area (Å²) in [6.45, 7) is 1.94. The second-order valence-electron chi connectivity index (χ2n) is 8.48. The number of hydrogen-bond donors (Lipinski definition) is 2. The molecule has 1 aliphatic rings. The fourth-order valence-electron chi connectivity index (χ4n) is 4.46. The van der Waals surface area contributed by atoms with Gasteiger partial charge in [-0.15, -0.1) is 0 Å². The van der Waals surface area contributed by atoms with Crippen LogP contribution in [-0.2, 0) is 16.9 Å². The first-order chi connectivity index (χ1) is 17.4. The number of hydrazine groups is 1. The molecule has 1 unspecified atom stereocenters. The third-order valence-corrected chi connectivity index (χ3v) is 6.36. The van der Waals surface area contributed by atoms with Crippen LogP contribution in [0, 0.1) is 0 Å². The Labute approximate surface area is 206 Å². The highest BCUT2D eigenvalue weighted by molar-refractivity contribution is 6.11. The summed E-state index contributed by atoms with van der Waals surface area (Å²) in [5, 5.41) is 8.36. The lowest BCUT2D eigenvalue weighted by Crippen LogP contribution is -2.49. The molecule has 9 nitrogen and oxygen atoms in total. The van der Waals surface area contributed by atoms with Crippen molar-refractivity contribution < 1.29 is 14.4 Å². The summed E-state index contributed by atoms with van der Waals surface area (Å²) in [4.78, 5) is 52.7. The third-order valence-electron chi connectivity index (χ3n) is 6.36. The number of rotatable bonds is 6. The van der Waals surface area contributed by atoms with Gasteiger partial charge in [-0.25, -0.2) is 9.48 Å². The van der Waals surface area contributed by atoms with E-state index in [4.69, 9.17) is 0 Å². The highest BCUT2D eigenvalue weighted by atomic mass is 16.2. The zero-order valence-electron chi connectivity index (χ0n) is 19.5. The minimum atomic E-state index is -1.30. The molecule has 4 aromatic rings. The fourth-order valence-corrected chi connectivity index (χ4v) is 4.46. The second kappa shape index (κ2) is 9.10. The number of imide groups is 1. The lowest BCUT2D eigenvalue weighted by molar-refractivity contribution is -0.133. The molecule has 4 amide bonds. The maximum Gasteiger partial charge on any atom is 0.344 e. The van der Waals surface area contributed by atoms with Gasteiger partial charge in [0.05, 0.1) is 11.9 Å². The number of urea groups is 1. The van der Waals surface area contributed by atoms with E-state index in [0.717, 1.165) is 5.56 Å². The van der Waals surface area contributed by atoms with E-state index in [1.807, 2.05) is 36.4 Å². The number of fused-ring (bicyclic) bond motifs is 1. The van der Waals surface area contributed by atoms with Crippen molar-refractivity contribution in [1.29, 1.82) is 0 Å². The Balaban J connectivity index is 1.51. The summed E-state index contributed by atoms with van der Waals surface area (Å²) in [6.07, 6.45) is 0.289. The molecule has 2 heterocycles. The van der Waals surface area contributed by atoms with Crippen molar-refractivity contribution in [3.8, 4) is 0 Å². The normalized spacial score (nSPS) is 17.3. The Morgan fingerprint density at radius 1 is 0.889 bits per heavy atom. The van der Waals surface area contributed by atoms with Crippen LogP contribution in [0.1, 0.15) is 35.0 Å². The SMILES string of the molecule is CCC1(c2ccccc2)NC(=O)N(NC(=O)c2nn(Cc3ccccc3)c(=O)c3ccccc23)C1=O. The molecule has 0 spiro atoms. The minimum absolute atomic E-state index is 0.0737. The number of nitrogens with one attached hydrogen (secondary N) is 2. The highest BCUT2D eigenvalue weighted by Crippen LogP contribution is 2.31. The third kappa shape index (κ3) is 3.80. The lowest BCUT2D eigenvalue weighted by atomic mass is 9.87. The highest BCUT2D eigenvalue weighted by Gasteiger charge is 2.52. The standard InChI is InChI=1S/C27H23N5O4/c1-2-27(19-13-7-4-8-14-19)25(35)32(26(36)28-27)30-23(33)22-20-15-9-10-16-21(20)24(34)31(29-22)17-18-11-5-3-6-12-18/h3-16H,2,17H2,1H3,(H,28,36)(H,30,33). The van der Waals surface area contributed by atoms with Gasteiger partial charge in [-0.05, 0) is 23.6 Å². The van der Waals surface area contributed by atoms with Gasteiger partial charge in [-0.1, -0.05) is 85.8 Å². The average molecular weight is 482 g/mol. The summed E-state index contributed by atoms with van der Waals surface area (Å²) in [5.74, 6) is -1.38. The number of amides is 4. The number of carbonyl (C=O) groups excluding carboxylic acids is 3. The molecule has 2 N–H and O–H groups in total. The van der Waals surface area contributed by atoms with E-state index in [9.17, 15) is 19.2 Å². The lowest BCUT2D eigenvalue weighted by Gasteiger charge is -2.25. The van der Waals surface area contributed by atoms with Crippen molar-refractivity contribution in [1.82, 2.24) is 25.5 Å². The Morgan fingerprint density at radius 2 is 1.50 bits per heavy atom. The number of aromatic nitrogens is 2. The molecule has 1 saturated heterocycles. The molecule has 1 atom stereocenters. The van der Waals surface area contributed by atoms with Crippen LogP contribution >= 0.6 is 0 Å².